The molecule has 2 N–H and O–H groups in total. The molecule has 0 aliphatic carbocycles. The van der Waals surface area contributed by atoms with Gasteiger partial charge in [-0.3, -0.25) is 4.79 Å². The monoisotopic (exact) mass is 248 g/mol. The van der Waals surface area contributed by atoms with Crippen LogP contribution >= 0.6 is 0 Å². The van der Waals surface area contributed by atoms with Crippen LogP contribution in [-0.2, 0) is 11.2 Å². The van der Waals surface area contributed by atoms with E-state index in [0.717, 1.165) is 17.7 Å². The second-order valence-electron chi connectivity index (χ2n) is 5.32. The molecule has 0 bridgehead atoms. The third-order valence-electron chi connectivity index (χ3n) is 3.28. The van der Waals surface area contributed by atoms with Gasteiger partial charge in [-0.25, -0.2) is 0 Å². The van der Waals surface area contributed by atoms with Gasteiger partial charge in [-0.15, -0.1) is 0 Å². The van der Waals surface area contributed by atoms with Gasteiger partial charge in [-0.05, 0) is 45.4 Å². The molecule has 1 aromatic rings. The molecule has 0 aliphatic heterocycles. The normalized spacial score (nSPS) is 11.4. The molecular weight excluding hydrogens is 224 g/mol. The first-order valence-corrected chi connectivity index (χ1v) is 6.47. The average Bonchev–Trinajstić information content (AvgIpc) is 2.31. The SMILES string of the molecule is CCc1cccc(C)c1NC(=O)CC(C)(C)NC. The highest BCUT2D eigenvalue weighted by Gasteiger charge is 2.20. The van der Waals surface area contributed by atoms with E-state index in [1.165, 1.54) is 5.56 Å². The Balaban J connectivity index is 2.82. The van der Waals surface area contributed by atoms with Crippen molar-refractivity contribution < 1.29 is 4.79 Å². The van der Waals surface area contributed by atoms with Gasteiger partial charge < -0.3 is 10.6 Å². The number of anilines is 1. The van der Waals surface area contributed by atoms with Crippen LogP contribution in [0.25, 0.3) is 0 Å². The van der Waals surface area contributed by atoms with Crippen molar-refractivity contribution in [2.75, 3.05) is 12.4 Å². The maximum absolute atomic E-state index is 12.1. The van der Waals surface area contributed by atoms with E-state index >= 15 is 0 Å². The highest BCUT2D eigenvalue weighted by Crippen LogP contribution is 2.22. The fraction of sp³-hybridized carbons (Fsp3) is 0.533. The summed E-state index contributed by atoms with van der Waals surface area (Å²) in [6, 6.07) is 6.12. The third kappa shape index (κ3) is 3.84. The first kappa shape index (κ1) is 14.7. The Morgan fingerprint density at radius 2 is 2.00 bits per heavy atom. The smallest absolute Gasteiger partial charge is 0.226 e. The third-order valence-corrected chi connectivity index (χ3v) is 3.28. The van der Waals surface area contributed by atoms with Crippen LogP contribution in [-0.4, -0.2) is 18.5 Å². The lowest BCUT2D eigenvalue weighted by Crippen LogP contribution is -2.39. The van der Waals surface area contributed by atoms with E-state index < -0.39 is 0 Å². The molecule has 0 aliphatic rings. The largest absolute Gasteiger partial charge is 0.326 e. The molecule has 0 fully saturated rings. The van der Waals surface area contributed by atoms with Crippen molar-refractivity contribution >= 4 is 11.6 Å². The molecule has 0 atom stereocenters. The summed E-state index contributed by atoms with van der Waals surface area (Å²) in [5.74, 6) is 0.0540. The molecule has 0 heterocycles. The highest BCUT2D eigenvalue weighted by molar-refractivity contribution is 5.93. The van der Waals surface area contributed by atoms with Crippen molar-refractivity contribution in [3.8, 4) is 0 Å². The van der Waals surface area contributed by atoms with Crippen LogP contribution in [0, 0.1) is 6.92 Å². The van der Waals surface area contributed by atoms with Gasteiger partial charge in [0, 0.05) is 17.6 Å². The molecule has 18 heavy (non-hydrogen) atoms. The number of benzene rings is 1. The highest BCUT2D eigenvalue weighted by atomic mass is 16.1. The Morgan fingerprint density at radius 3 is 2.56 bits per heavy atom. The van der Waals surface area contributed by atoms with E-state index in [-0.39, 0.29) is 11.4 Å². The molecule has 1 aromatic carbocycles. The summed E-state index contributed by atoms with van der Waals surface area (Å²) in [5.41, 5.74) is 3.09. The number of carbonyl (C=O) groups is 1. The minimum absolute atomic E-state index is 0.0540. The van der Waals surface area contributed by atoms with E-state index in [9.17, 15) is 4.79 Å². The number of aryl methyl sites for hydroxylation is 2. The Morgan fingerprint density at radius 1 is 1.33 bits per heavy atom. The molecule has 0 unspecified atom stereocenters. The molecular formula is C15H24N2O. The van der Waals surface area contributed by atoms with Crippen molar-refractivity contribution in [3.63, 3.8) is 0 Å². The Kier molecular flexibility index (Phi) is 4.91. The van der Waals surface area contributed by atoms with Gasteiger partial charge in [-0.2, -0.15) is 0 Å². The molecule has 3 nitrogen and oxygen atoms in total. The van der Waals surface area contributed by atoms with Gasteiger partial charge in [-0.1, -0.05) is 25.1 Å². The van der Waals surface area contributed by atoms with Crippen molar-refractivity contribution in [2.45, 2.75) is 46.1 Å². The molecule has 100 valence electrons. The molecule has 1 rings (SSSR count). The summed E-state index contributed by atoms with van der Waals surface area (Å²) in [7, 11) is 1.87. The zero-order valence-corrected chi connectivity index (χ0v) is 12.1. The minimum Gasteiger partial charge on any atom is -0.326 e. The molecule has 0 saturated carbocycles. The van der Waals surface area contributed by atoms with Crippen molar-refractivity contribution in [1.82, 2.24) is 5.32 Å². The molecule has 0 spiro atoms. The summed E-state index contributed by atoms with van der Waals surface area (Å²) in [6.07, 6.45) is 1.38. The van der Waals surface area contributed by atoms with Gasteiger partial charge in [0.05, 0.1) is 0 Å². The number of nitrogens with one attached hydrogen (secondary N) is 2. The number of hydrogen-bond acceptors (Lipinski definition) is 2. The Labute approximate surface area is 110 Å². The van der Waals surface area contributed by atoms with Crippen LogP contribution in [0.5, 0.6) is 0 Å². The van der Waals surface area contributed by atoms with Gasteiger partial charge in [0.2, 0.25) is 5.91 Å². The molecule has 1 amide bonds. The number of rotatable bonds is 5. The summed E-state index contributed by atoms with van der Waals surface area (Å²) >= 11 is 0. The van der Waals surface area contributed by atoms with E-state index in [4.69, 9.17) is 0 Å². The lowest BCUT2D eigenvalue weighted by atomic mass is 10.00. The van der Waals surface area contributed by atoms with Crippen LogP contribution < -0.4 is 10.6 Å². The quantitative estimate of drug-likeness (QED) is 0.841. The van der Waals surface area contributed by atoms with E-state index in [1.807, 2.05) is 40.0 Å². The minimum atomic E-state index is -0.181. The predicted molar refractivity (Wildman–Crippen MR) is 76.9 cm³/mol. The van der Waals surface area contributed by atoms with Crippen molar-refractivity contribution in [1.29, 1.82) is 0 Å². The van der Waals surface area contributed by atoms with Gasteiger partial charge >= 0.3 is 0 Å². The second-order valence-corrected chi connectivity index (χ2v) is 5.32. The standard InChI is InChI=1S/C15H24N2O/c1-6-12-9-7-8-11(2)14(12)17-13(18)10-15(3,4)16-5/h7-9,16H,6,10H2,1-5H3,(H,17,18). The zero-order valence-electron chi connectivity index (χ0n) is 12.1. The fourth-order valence-corrected chi connectivity index (χ4v) is 1.88. The van der Waals surface area contributed by atoms with Crippen LogP contribution in [0.4, 0.5) is 5.69 Å². The summed E-state index contributed by atoms with van der Waals surface area (Å²) in [5, 5.41) is 6.18. The van der Waals surface area contributed by atoms with E-state index in [2.05, 4.69) is 23.6 Å². The number of carbonyl (C=O) groups excluding carboxylic acids is 1. The van der Waals surface area contributed by atoms with Crippen LogP contribution in [0.1, 0.15) is 38.3 Å². The number of amides is 1. The Hall–Kier alpha value is -1.35. The number of hydrogen-bond donors (Lipinski definition) is 2. The van der Waals surface area contributed by atoms with Crippen molar-refractivity contribution in [2.24, 2.45) is 0 Å². The fourth-order valence-electron chi connectivity index (χ4n) is 1.88. The second kappa shape index (κ2) is 6.01. The van der Waals surface area contributed by atoms with Gasteiger partial charge in [0.15, 0.2) is 0 Å². The first-order chi connectivity index (χ1) is 8.39. The van der Waals surface area contributed by atoms with Crippen molar-refractivity contribution in [3.05, 3.63) is 29.3 Å². The summed E-state index contributed by atoms with van der Waals surface area (Å²) in [4.78, 5) is 12.1. The number of para-hydroxylation sites is 1. The average molecular weight is 248 g/mol. The maximum atomic E-state index is 12.1. The summed E-state index contributed by atoms with van der Waals surface area (Å²) in [6.45, 7) is 8.16. The van der Waals surface area contributed by atoms with E-state index in [1.54, 1.807) is 0 Å². The lowest BCUT2D eigenvalue weighted by molar-refractivity contribution is -0.117. The first-order valence-electron chi connectivity index (χ1n) is 6.47. The molecule has 0 aromatic heterocycles. The maximum Gasteiger partial charge on any atom is 0.226 e. The predicted octanol–water partition coefficient (Wildman–Crippen LogP) is 2.88. The van der Waals surface area contributed by atoms with Gasteiger partial charge in [0.25, 0.3) is 0 Å². The topological polar surface area (TPSA) is 41.1 Å². The molecule has 3 heteroatoms. The van der Waals surface area contributed by atoms with Gasteiger partial charge in [0.1, 0.15) is 0 Å². The Bertz CT molecular complexity index is 425. The lowest BCUT2D eigenvalue weighted by Gasteiger charge is -2.23. The molecule has 0 radical (unpaired) electrons. The summed E-state index contributed by atoms with van der Waals surface area (Å²) < 4.78 is 0. The van der Waals surface area contributed by atoms with E-state index in [0.29, 0.717) is 6.42 Å². The van der Waals surface area contributed by atoms with Crippen LogP contribution in [0.2, 0.25) is 0 Å². The zero-order chi connectivity index (χ0) is 13.8. The van der Waals surface area contributed by atoms with Crippen LogP contribution in [0.3, 0.4) is 0 Å². The van der Waals surface area contributed by atoms with Crippen LogP contribution in [0.15, 0.2) is 18.2 Å². The molecule has 0 saturated heterocycles.